The van der Waals surface area contributed by atoms with Gasteiger partial charge in [-0.1, -0.05) is 6.42 Å². The third kappa shape index (κ3) is 9.44. The first-order chi connectivity index (χ1) is 6.18. The van der Waals surface area contributed by atoms with E-state index in [1.165, 1.54) is 6.21 Å². The van der Waals surface area contributed by atoms with Gasteiger partial charge in [-0.05, 0) is 19.4 Å². The van der Waals surface area contributed by atoms with E-state index >= 15 is 0 Å². The normalized spacial score (nSPS) is 11.5. The van der Waals surface area contributed by atoms with Crippen LogP contribution in [0.2, 0.25) is 0 Å². The largest absolute Gasteiger partial charge is 0.480 e. The second-order valence-electron chi connectivity index (χ2n) is 2.85. The van der Waals surface area contributed by atoms with E-state index in [0.717, 1.165) is 19.4 Å². The van der Waals surface area contributed by atoms with E-state index in [2.05, 4.69) is 5.32 Å². The van der Waals surface area contributed by atoms with Crippen LogP contribution in [0.1, 0.15) is 19.3 Å². The molecule has 0 aliphatic rings. The Morgan fingerprint density at radius 2 is 2.21 bits per heavy atom. The Bertz CT molecular complexity index is 167. The SMILES string of the molecule is Cl.N=CCNCCCCC(N)C(=O)O. The van der Waals surface area contributed by atoms with Crippen molar-refractivity contribution >= 4 is 24.6 Å². The predicted molar refractivity (Wildman–Crippen MR) is 58.4 cm³/mol. The molecule has 0 aromatic rings. The fourth-order valence-electron chi connectivity index (χ4n) is 0.912. The molecular weight excluding hydrogens is 206 g/mol. The third-order valence-electron chi connectivity index (χ3n) is 1.68. The summed E-state index contributed by atoms with van der Waals surface area (Å²) in [6.45, 7) is 1.38. The molecule has 84 valence electrons. The van der Waals surface area contributed by atoms with Crippen LogP contribution in [0.15, 0.2) is 0 Å². The van der Waals surface area contributed by atoms with E-state index in [4.69, 9.17) is 16.2 Å². The molecule has 6 heteroatoms. The van der Waals surface area contributed by atoms with Crippen molar-refractivity contribution in [2.75, 3.05) is 13.1 Å². The van der Waals surface area contributed by atoms with Crippen molar-refractivity contribution in [1.82, 2.24) is 5.32 Å². The minimum absolute atomic E-state index is 0. The molecule has 0 fully saturated rings. The fraction of sp³-hybridized carbons (Fsp3) is 0.750. The maximum atomic E-state index is 10.3. The van der Waals surface area contributed by atoms with Gasteiger partial charge in [0.1, 0.15) is 6.04 Å². The number of halogens is 1. The maximum absolute atomic E-state index is 10.3. The molecule has 5 nitrogen and oxygen atoms in total. The molecule has 1 unspecified atom stereocenters. The Kier molecular flexibility index (Phi) is 11.8. The highest BCUT2D eigenvalue weighted by Crippen LogP contribution is 1.97. The van der Waals surface area contributed by atoms with Crippen LogP contribution in [-0.2, 0) is 4.79 Å². The Balaban J connectivity index is 0. The molecule has 0 rings (SSSR count). The quantitative estimate of drug-likeness (QED) is 0.350. The lowest BCUT2D eigenvalue weighted by Crippen LogP contribution is -2.30. The molecule has 0 bridgehead atoms. The van der Waals surface area contributed by atoms with Gasteiger partial charge < -0.3 is 21.6 Å². The van der Waals surface area contributed by atoms with Crippen LogP contribution in [0.25, 0.3) is 0 Å². The number of nitrogens with two attached hydrogens (primary N) is 1. The van der Waals surface area contributed by atoms with E-state index in [0.29, 0.717) is 13.0 Å². The molecule has 1 atom stereocenters. The minimum Gasteiger partial charge on any atom is -0.480 e. The molecule has 0 aliphatic carbocycles. The highest BCUT2D eigenvalue weighted by molar-refractivity contribution is 5.85. The molecule has 0 amide bonds. The van der Waals surface area contributed by atoms with Crippen LogP contribution in [0, 0.1) is 5.41 Å². The van der Waals surface area contributed by atoms with Crippen LogP contribution < -0.4 is 11.1 Å². The summed E-state index contributed by atoms with van der Waals surface area (Å²) in [7, 11) is 0. The van der Waals surface area contributed by atoms with Crippen LogP contribution >= 0.6 is 12.4 Å². The molecule has 0 saturated carbocycles. The molecule has 0 aromatic heterocycles. The van der Waals surface area contributed by atoms with Gasteiger partial charge in [-0.2, -0.15) is 0 Å². The molecule has 0 saturated heterocycles. The Hall–Kier alpha value is -0.650. The summed E-state index contributed by atoms with van der Waals surface area (Å²) in [4.78, 5) is 10.3. The summed E-state index contributed by atoms with van der Waals surface area (Å²) in [5.74, 6) is -0.938. The van der Waals surface area contributed by atoms with Crippen LogP contribution in [0.5, 0.6) is 0 Å². The summed E-state index contributed by atoms with van der Waals surface area (Å²) in [6, 6.07) is -0.734. The zero-order valence-corrected chi connectivity index (χ0v) is 8.85. The highest BCUT2D eigenvalue weighted by atomic mass is 35.5. The van der Waals surface area contributed by atoms with Crippen molar-refractivity contribution in [3.05, 3.63) is 0 Å². The number of carboxylic acids is 1. The summed E-state index contributed by atoms with van der Waals surface area (Å²) in [6.07, 6.45) is 3.51. The second kappa shape index (κ2) is 10.4. The lowest BCUT2D eigenvalue weighted by molar-refractivity contribution is -0.138. The van der Waals surface area contributed by atoms with Crippen molar-refractivity contribution in [3.63, 3.8) is 0 Å². The lowest BCUT2D eigenvalue weighted by Gasteiger charge is -2.05. The van der Waals surface area contributed by atoms with E-state index in [9.17, 15) is 4.79 Å². The average molecular weight is 224 g/mol. The van der Waals surface area contributed by atoms with Gasteiger partial charge in [0.05, 0.1) is 0 Å². The molecule has 0 aromatic carbocycles. The van der Waals surface area contributed by atoms with Crippen molar-refractivity contribution in [1.29, 1.82) is 5.41 Å². The maximum Gasteiger partial charge on any atom is 0.320 e. The van der Waals surface area contributed by atoms with E-state index < -0.39 is 12.0 Å². The summed E-state index contributed by atoms with van der Waals surface area (Å²) in [5, 5.41) is 18.2. The van der Waals surface area contributed by atoms with Gasteiger partial charge >= 0.3 is 5.97 Å². The van der Waals surface area contributed by atoms with Gasteiger partial charge in [0.15, 0.2) is 0 Å². The standard InChI is InChI=1S/C8H17N3O2.ClH/c9-4-6-11-5-2-1-3-7(10)8(12)13;/h4,7,9,11H,1-3,5-6,10H2,(H,12,13);1H. The van der Waals surface area contributed by atoms with Gasteiger partial charge in [-0.3, -0.25) is 4.79 Å². The molecular formula is C8H18ClN3O2. The number of hydrogen-bond acceptors (Lipinski definition) is 4. The number of unbranched alkanes of at least 4 members (excludes halogenated alkanes) is 1. The van der Waals surface area contributed by atoms with Gasteiger partial charge in [0.25, 0.3) is 0 Å². The van der Waals surface area contributed by atoms with E-state index in [1.807, 2.05) is 0 Å². The van der Waals surface area contributed by atoms with Gasteiger partial charge in [0.2, 0.25) is 0 Å². The molecule has 14 heavy (non-hydrogen) atoms. The molecule has 0 aliphatic heterocycles. The number of hydrogen-bond donors (Lipinski definition) is 4. The third-order valence-corrected chi connectivity index (χ3v) is 1.68. The van der Waals surface area contributed by atoms with E-state index in [-0.39, 0.29) is 12.4 Å². The van der Waals surface area contributed by atoms with Gasteiger partial charge in [-0.25, -0.2) is 0 Å². The number of carbonyl (C=O) groups is 1. The minimum atomic E-state index is -0.938. The topological polar surface area (TPSA) is 99.2 Å². The Morgan fingerprint density at radius 3 is 2.71 bits per heavy atom. The van der Waals surface area contributed by atoms with Crippen LogP contribution in [0.3, 0.4) is 0 Å². The van der Waals surface area contributed by atoms with Gasteiger partial charge in [-0.15, -0.1) is 12.4 Å². The summed E-state index contributed by atoms with van der Waals surface area (Å²) in [5.41, 5.74) is 5.30. The zero-order valence-electron chi connectivity index (χ0n) is 8.03. The fourth-order valence-corrected chi connectivity index (χ4v) is 0.912. The monoisotopic (exact) mass is 223 g/mol. The number of nitrogens with one attached hydrogen (secondary N) is 2. The van der Waals surface area contributed by atoms with Crippen molar-refractivity contribution in [3.8, 4) is 0 Å². The molecule has 5 N–H and O–H groups in total. The summed E-state index contributed by atoms with van der Waals surface area (Å²) < 4.78 is 0. The number of rotatable bonds is 8. The summed E-state index contributed by atoms with van der Waals surface area (Å²) >= 11 is 0. The lowest BCUT2D eigenvalue weighted by atomic mass is 10.1. The molecule has 0 spiro atoms. The Morgan fingerprint density at radius 1 is 1.57 bits per heavy atom. The van der Waals surface area contributed by atoms with Crippen molar-refractivity contribution in [2.45, 2.75) is 25.3 Å². The van der Waals surface area contributed by atoms with Crippen LogP contribution in [0.4, 0.5) is 0 Å². The number of carboxylic acid groups (broad SMARTS) is 1. The molecule has 0 radical (unpaired) electrons. The smallest absolute Gasteiger partial charge is 0.320 e. The first-order valence-corrected chi connectivity index (χ1v) is 4.36. The highest BCUT2D eigenvalue weighted by Gasteiger charge is 2.09. The zero-order chi connectivity index (χ0) is 10.1. The molecule has 0 heterocycles. The van der Waals surface area contributed by atoms with Gasteiger partial charge in [0, 0.05) is 12.8 Å². The van der Waals surface area contributed by atoms with Crippen molar-refractivity contribution in [2.24, 2.45) is 5.73 Å². The average Bonchev–Trinajstić information content (AvgIpc) is 2.10. The second-order valence-corrected chi connectivity index (χ2v) is 2.85. The van der Waals surface area contributed by atoms with Crippen molar-refractivity contribution < 1.29 is 9.90 Å². The van der Waals surface area contributed by atoms with Crippen LogP contribution in [-0.4, -0.2) is 36.4 Å². The Labute approximate surface area is 90.0 Å². The first kappa shape index (κ1) is 15.8. The first-order valence-electron chi connectivity index (χ1n) is 4.36. The predicted octanol–water partition coefficient (Wildman–Crippen LogP) is 0.230. The van der Waals surface area contributed by atoms with E-state index in [1.54, 1.807) is 0 Å². The number of aliphatic carboxylic acids is 1.